The van der Waals surface area contributed by atoms with Crippen molar-refractivity contribution in [3.05, 3.63) is 23.8 Å². The summed E-state index contributed by atoms with van der Waals surface area (Å²) in [4.78, 5) is 11.7. The lowest BCUT2D eigenvalue weighted by molar-refractivity contribution is 0.0905. The molecule has 1 unspecified atom stereocenters. The lowest BCUT2D eigenvalue weighted by Crippen LogP contribution is -2.35. The van der Waals surface area contributed by atoms with Crippen molar-refractivity contribution in [2.75, 3.05) is 20.8 Å². The van der Waals surface area contributed by atoms with Gasteiger partial charge in [-0.05, 0) is 25.1 Å². The van der Waals surface area contributed by atoms with Crippen molar-refractivity contribution >= 4 is 15.9 Å². The van der Waals surface area contributed by atoms with Crippen molar-refractivity contribution in [3.63, 3.8) is 0 Å². The van der Waals surface area contributed by atoms with Crippen LogP contribution < -0.4 is 15.2 Å². The van der Waals surface area contributed by atoms with E-state index in [-0.39, 0.29) is 22.3 Å². The van der Waals surface area contributed by atoms with E-state index in [2.05, 4.69) is 5.32 Å². The Morgan fingerprint density at radius 3 is 2.55 bits per heavy atom. The highest BCUT2D eigenvalue weighted by molar-refractivity contribution is 7.89. The summed E-state index contributed by atoms with van der Waals surface area (Å²) in [6.07, 6.45) is 0. The van der Waals surface area contributed by atoms with Crippen molar-refractivity contribution in [1.82, 2.24) is 5.32 Å². The van der Waals surface area contributed by atoms with Crippen LogP contribution in [0.4, 0.5) is 0 Å². The molecule has 1 amide bonds. The molecule has 7 nitrogen and oxygen atoms in total. The topological polar surface area (TPSA) is 108 Å². The molecule has 112 valence electrons. The molecule has 1 atom stereocenters. The molecule has 8 heteroatoms. The van der Waals surface area contributed by atoms with Gasteiger partial charge >= 0.3 is 0 Å². The van der Waals surface area contributed by atoms with Gasteiger partial charge in [-0.1, -0.05) is 0 Å². The SMILES string of the molecule is COCC(C)NC(=O)c1ccc(OC)c(S(N)(=O)=O)c1. The molecule has 3 N–H and O–H groups in total. The number of carbonyl (C=O) groups excluding carboxylic acids is 1. The molecule has 0 spiro atoms. The monoisotopic (exact) mass is 302 g/mol. The molecular weight excluding hydrogens is 284 g/mol. The summed E-state index contributed by atoms with van der Waals surface area (Å²) in [6, 6.07) is 3.83. The first-order valence-electron chi connectivity index (χ1n) is 5.80. The number of ether oxygens (including phenoxy) is 2. The van der Waals surface area contributed by atoms with Gasteiger partial charge in [-0.2, -0.15) is 0 Å². The Hall–Kier alpha value is -1.64. The normalized spacial score (nSPS) is 12.8. The van der Waals surface area contributed by atoms with Crippen molar-refractivity contribution in [1.29, 1.82) is 0 Å². The smallest absolute Gasteiger partial charge is 0.251 e. The fourth-order valence-electron chi connectivity index (χ4n) is 1.64. The molecule has 0 fully saturated rings. The van der Waals surface area contributed by atoms with Gasteiger partial charge in [-0.3, -0.25) is 4.79 Å². The number of carbonyl (C=O) groups is 1. The Morgan fingerprint density at radius 1 is 1.40 bits per heavy atom. The van der Waals surface area contributed by atoms with E-state index in [1.165, 1.54) is 32.4 Å². The number of sulfonamides is 1. The summed E-state index contributed by atoms with van der Waals surface area (Å²) in [5.41, 5.74) is 0.178. The van der Waals surface area contributed by atoms with Crippen LogP contribution in [0, 0.1) is 0 Å². The summed E-state index contributed by atoms with van der Waals surface area (Å²) in [7, 11) is -1.12. The summed E-state index contributed by atoms with van der Waals surface area (Å²) >= 11 is 0. The second-order valence-electron chi connectivity index (χ2n) is 4.24. The third-order valence-corrected chi connectivity index (χ3v) is 3.46. The Balaban J connectivity index is 3.06. The van der Waals surface area contributed by atoms with Crippen LogP contribution in [0.15, 0.2) is 23.1 Å². The molecule has 0 bridgehead atoms. The quantitative estimate of drug-likeness (QED) is 0.775. The predicted octanol–water partition coefficient (Wildman–Crippen LogP) is 0.107. The average Bonchev–Trinajstić information content (AvgIpc) is 2.37. The highest BCUT2D eigenvalue weighted by Crippen LogP contribution is 2.23. The number of methoxy groups -OCH3 is 2. The van der Waals surface area contributed by atoms with Gasteiger partial charge in [0, 0.05) is 18.7 Å². The van der Waals surface area contributed by atoms with E-state index in [1.807, 2.05) is 0 Å². The zero-order valence-corrected chi connectivity index (χ0v) is 12.4. The van der Waals surface area contributed by atoms with Crippen LogP contribution in [-0.2, 0) is 14.8 Å². The van der Waals surface area contributed by atoms with Crippen LogP contribution >= 0.6 is 0 Å². The van der Waals surface area contributed by atoms with Gasteiger partial charge in [0.25, 0.3) is 5.91 Å². The molecule has 1 aromatic carbocycles. The fourth-order valence-corrected chi connectivity index (χ4v) is 2.36. The number of nitrogens with one attached hydrogen (secondary N) is 1. The van der Waals surface area contributed by atoms with Crippen LogP contribution in [0.25, 0.3) is 0 Å². The minimum Gasteiger partial charge on any atom is -0.495 e. The number of nitrogens with two attached hydrogens (primary N) is 1. The summed E-state index contributed by atoms with van der Waals surface area (Å²) < 4.78 is 32.7. The molecule has 20 heavy (non-hydrogen) atoms. The number of amides is 1. The van der Waals surface area contributed by atoms with E-state index in [1.54, 1.807) is 6.92 Å². The van der Waals surface area contributed by atoms with E-state index < -0.39 is 15.9 Å². The standard InChI is InChI=1S/C12H18N2O5S/c1-8(7-18-2)14-12(15)9-4-5-10(19-3)11(6-9)20(13,16)17/h4-6,8H,7H2,1-3H3,(H,14,15)(H2,13,16,17). The first kappa shape index (κ1) is 16.4. The molecule has 1 aromatic rings. The molecule has 0 aliphatic heterocycles. The molecule has 0 aliphatic rings. The number of hydrogen-bond donors (Lipinski definition) is 2. The van der Waals surface area contributed by atoms with E-state index in [9.17, 15) is 13.2 Å². The highest BCUT2D eigenvalue weighted by atomic mass is 32.2. The second kappa shape index (κ2) is 6.69. The minimum atomic E-state index is -3.97. The Kier molecular flexibility index (Phi) is 5.49. The molecule has 0 saturated carbocycles. The maximum atomic E-state index is 12.0. The Bertz CT molecular complexity index is 586. The number of hydrogen-bond acceptors (Lipinski definition) is 5. The van der Waals surface area contributed by atoms with E-state index in [4.69, 9.17) is 14.6 Å². The molecule has 0 heterocycles. The number of rotatable bonds is 6. The van der Waals surface area contributed by atoms with Gasteiger partial charge in [0.15, 0.2) is 0 Å². The molecule has 0 radical (unpaired) electrons. The second-order valence-corrected chi connectivity index (χ2v) is 5.77. The van der Waals surface area contributed by atoms with Gasteiger partial charge in [-0.15, -0.1) is 0 Å². The molecule has 0 aliphatic carbocycles. The van der Waals surface area contributed by atoms with Crippen LogP contribution in [0.3, 0.4) is 0 Å². The average molecular weight is 302 g/mol. The van der Waals surface area contributed by atoms with Crippen LogP contribution in [0.5, 0.6) is 5.75 Å². The van der Waals surface area contributed by atoms with Crippen LogP contribution in [0.1, 0.15) is 17.3 Å². The fraction of sp³-hybridized carbons (Fsp3) is 0.417. The third kappa shape index (κ3) is 4.19. The van der Waals surface area contributed by atoms with E-state index in [0.29, 0.717) is 6.61 Å². The van der Waals surface area contributed by atoms with E-state index >= 15 is 0 Å². The Labute approximate surface area is 118 Å². The molecule has 0 aromatic heterocycles. The van der Waals surface area contributed by atoms with Gasteiger partial charge in [0.1, 0.15) is 10.6 Å². The maximum Gasteiger partial charge on any atom is 0.251 e. The minimum absolute atomic E-state index is 0.0917. The first-order chi connectivity index (χ1) is 9.29. The van der Waals surface area contributed by atoms with Crippen LogP contribution in [-0.4, -0.2) is 41.2 Å². The van der Waals surface area contributed by atoms with Gasteiger partial charge in [-0.25, -0.2) is 13.6 Å². The van der Waals surface area contributed by atoms with Crippen molar-refractivity contribution in [2.45, 2.75) is 17.9 Å². The highest BCUT2D eigenvalue weighted by Gasteiger charge is 2.18. The van der Waals surface area contributed by atoms with Crippen molar-refractivity contribution < 1.29 is 22.7 Å². The maximum absolute atomic E-state index is 12.0. The number of primary sulfonamides is 1. The van der Waals surface area contributed by atoms with Crippen molar-refractivity contribution in [3.8, 4) is 5.75 Å². The van der Waals surface area contributed by atoms with Crippen molar-refractivity contribution in [2.24, 2.45) is 5.14 Å². The third-order valence-electron chi connectivity index (χ3n) is 2.53. The molecular formula is C12H18N2O5S. The molecule has 1 rings (SSSR count). The molecule has 0 saturated heterocycles. The summed E-state index contributed by atoms with van der Waals surface area (Å²) in [6.45, 7) is 2.12. The summed E-state index contributed by atoms with van der Waals surface area (Å²) in [5, 5.41) is 7.76. The first-order valence-corrected chi connectivity index (χ1v) is 7.35. The van der Waals surface area contributed by atoms with Crippen LogP contribution in [0.2, 0.25) is 0 Å². The Morgan fingerprint density at radius 2 is 2.05 bits per heavy atom. The predicted molar refractivity (Wildman–Crippen MR) is 73.2 cm³/mol. The van der Waals surface area contributed by atoms with Gasteiger partial charge < -0.3 is 14.8 Å². The number of benzene rings is 1. The largest absolute Gasteiger partial charge is 0.495 e. The lowest BCUT2D eigenvalue weighted by atomic mass is 10.2. The van der Waals surface area contributed by atoms with Gasteiger partial charge in [0.05, 0.1) is 13.7 Å². The zero-order valence-electron chi connectivity index (χ0n) is 11.5. The van der Waals surface area contributed by atoms with Gasteiger partial charge in [0.2, 0.25) is 10.0 Å². The summed E-state index contributed by atoms with van der Waals surface area (Å²) in [5.74, 6) is -0.323. The zero-order chi connectivity index (χ0) is 15.3. The lowest BCUT2D eigenvalue weighted by Gasteiger charge is -2.14. The van der Waals surface area contributed by atoms with E-state index in [0.717, 1.165) is 0 Å².